The number of fused-ring (bicyclic) bond motifs is 1. The van der Waals surface area contributed by atoms with Gasteiger partial charge in [0.1, 0.15) is 5.75 Å². The van der Waals surface area contributed by atoms with Crippen LogP contribution in [-0.2, 0) is 4.79 Å². The summed E-state index contributed by atoms with van der Waals surface area (Å²) < 4.78 is 7.45. The molecule has 1 aliphatic rings. The molecule has 4 heterocycles. The van der Waals surface area contributed by atoms with Crippen molar-refractivity contribution >= 4 is 46.0 Å². The molecule has 0 atom stereocenters. The molecule has 198 valence electrons. The fourth-order valence-electron chi connectivity index (χ4n) is 4.46. The maximum Gasteiger partial charge on any atom is 0.236 e. The normalized spacial score (nSPS) is 14.1. The molecule has 1 amide bonds. The number of carbonyl (C=O) groups is 1. The zero-order chi connectivity index (χ0) is 26.8. The van der Waals surface area contributed by atoms with Crippen LogP contribution in [0.5, 0.6) is 5.75 Å². The van der Waals surface area contributed by atoms with E-state index in [0.717, 1.165) is 42.9 Å². The van der Waals surface area contributed by atoms with Crippen LogP contribution in [0.2, 0.25) is 5.02 Å². The Bertz CT molecular complexity index is 1460. The summed E-state index contributed by atoms with van der Waals surface area (Å²) in [5, 5.41) is 8.03. The largest absolute Gasteiger partial charge is 0.494 e. The SMILES string of the molecule is COc1cc(N2CCN(CC(=O)N(C)C)CC2)c(N)cc1Nc1ncc(Cl)c(-c2cnn3ccccc23)n1. The highest BCUT2D eigenvalue weighted by molar-refractivity contribution is 6.33. The van der Waals surface area contributed by atoms with Crippen molar-refractivity contribution in [2.24, 2.45) is 0 Å². The first-order valence-electron chi connectivity index (χ1n) is 12.2. The maximum atomic E-state index is 12.1. The lowest BCUT2D eigenvalue weighted by atomic mass is 10.1. The maximum absolute atomic E-state index is 12.1. The van der Waals surface area contributed by atoms with E-state index in [1.54, 1.807) is 43.0 Å². The number of nitrogens with one attached hydrogen (secondary N) is 1. The Hall–Kier alpha value is -4.09. The number of likely N-dealkylation sites (N-methyl/N-ethyl adjacent to an activating group) is 1. The molecule has 0 radical (unpaired) electrons. The van der Waals surface area contributed by atoms with Crippen molar-refractivity contribution in [2.75, 3.05) is 69.9 Å². The van der Waals surface area contributed by atoms with E-state index in [1.807, 2.05) is 36.5 Å². The number of carbonyl (C=O) groups excluding carboxylic acids is 1. The first-order chi connectivity index (χ1) is 18.3. The van der Waals surface area contributed by atoms with Gasteiger partial charge in [-0.3, -0.25) is 9.69 Å². The molecule has 1 aromatic carbocycles. The number of anilines is 4. The van der Waals surface area contributed by atoms with Gasteiger partial charge in [-0.25, -0.2) is 14.5 Å². The first kappa shape index (κ1) is 25.6. The van der Waals surface area contributed by atoms with Crippen molar-refractivity contribution < 1.29 is 9.53 Å². The standard InChI is InChI=1S/C26H30ClN9O2/c1-33(2)24(37)16-34-8-10-35(11-9-34)22-13-23(38-3)20(12-19(22)28)31-26-29-15-18(27)25(32-26)17-14-30-36-7-5-4-6-21(17)36/h4-7,12-15H,8-11,16,28H2,1-3H3,(H,29,31,32). The van der Waals surface area contributed by atoms with Crippen LogP contribution in [0.25, 0.3) is 16.8 Å². The third-order valence-electron chi connectivity index (χ3n) is 6.59. The van der Waals surface area contributed by atoms with Gasteiger partial charge in [-0.2, -0.15) is 5.10 Å². The summed E-state index contributed by atoms with van der Waals surface area (Å²) in [6, 6.07) is 9.54. The van der Waals surface area contributed by atoms with E-state index in [4.69, 9.17) is 22.1 Å². The number of nitrogens with two attached hydrogens (primary N) is 1. The lowest BCUT2D eigenvalue weighted by Crippen LogP contribution is -2.49. The molecule has 12 heteroatoms. The molecule has 0 saturated carbocycles. The zero-order valence-corrected chi connectivity index (χ0v) is 22.3. The van der Waals surface area contributed by atoms with E-state index >= 15 is 0 Å². The Morgan fingerprint density at radius 1 is 1.18 bits per heavy atom. The predicted molar refractivity (Wildman–Crippen MR) is 149 cm³/mol. The van der Waals surface area contributed by atoms with Gasteiger partial charge >= 0.3 is 0 Å². The molecule has 4 aromatic rings. The molecule has 3 aromatic heterocycles. The fraction of sp³-hybridized carbons (Fsp3) is 0.308. The number of nitrogens with zero attached hydrogens (tertiary/aromatic N) is 7. The number of piperazine rings is 1. The number of ether oxygens (including phenoxy) is 1. The number of aromatic nitrogens is 4. The molecule has 0 unspecified atom stereocenters. The van der Waals surface area contributed by atoms with Gasteiger partial charge in [0.2, 0.25) is 11.9 Å². The van der Waals surface area contributed by atoms with Crippen LogP contribution in [0.4, 0.5) is 23.0 Å². The minimum atomic E-state index is 0.101. The molecule has 1 saturated heterocycles. The molecule has 3 N–H and O–H groups in total. The van der Waals surface area contributed by atoms with Gasteiger partial charge in [0.05, 0.1) is 59.3 Å². The highest BCUT2D eigenvalue weighted by Crippen LogP contribution is 2.37. The van der Waals surface area contributed by atoms with Crippen molar-refractivity contribution in [1.29, 1.82) is 0 Å². The number of pyridine rings is 1. The number of hydrogen-bond donors (Lipinski definition) is 2. The van der Waals surface area contributed by atoms with E-state index in [9.17, 15) is 4.79 Å². The number of rotatable bonds is 7. The second kappa shape index (κ2) is 10.7. The Balaban J connectivity index is 1.36. The number of hydrogen-bond acceptors (Lipinski definition) is 9. The average Bonchev–Trinajstić information content (AvgIpc) is 3.34. The fourth-order valence-corrected chi connectivity index (χ4v) is 4.65. The predicted octanol–water partition coefficient (Wildman–Crippen LogP) is 2.99. The van der Waals surface area contributed by atoms with Crippen LogP contribution in [0, 0.1) is 0 Å². The van der Waals surface area contributed by atoms with Gasteiger partial charge in [-0.05, 0) is 18.2 Å². The molecule has 1 fully saturated rings. The summed E-state index contributed by atoms with van der Waals surface area (Å²) in [6.07, 6.45) is 5.16. The highest BCUT2D eigenvalue weighted by Gasteiger charge is 2.23. The molecular weight excluding hydrogens is 506 g/mol. The average molecular weight is 536 g/mol. The van der Waals surface area contributed by atoms with Gasteiger partial charge < -0.3 is 25.6 Å². The Morgan fingerprint density at radius 2 is 1.97 bits per heavy atom. The van der Waals surface area contributed by atoms with Crippen LogP contribution in [0.3, 0.4) is 0 Å². The number of amides is 1. The second-order valence-electron chi connectivity index (χ2n) is 9.27. The van der Waals surface area contributed by atoms with Gasteiger partial charge in [0, 0.05) is 58.1 Å². The molecule has 0 spiro atoms. The quantitative estimate of drug-likeness (QED) is 0.344. The number of methoxy groups -OCH3 is 1. The third kappa shape index (κ3) is 5.15. The summed E-state index contributed by atoms with van der Waals surface area (Å²) in [7, 11) is 5.16. The summed E-state index contributed by atoms with van der Waals surface area (Å²) in [6.45, 7) is 3.47. The van der Waals surface area contributed by atoms with Crippen LogP contribution in [0.1, 0.15) is 0 Å². The van der Waals surface area contributed by atoms with Gasteiger partial charge in [-0.1, -0.05) is 17.7 Å². The van der Waals surface area contributed by atoms with Crippen molar-refractivity contribution in [2.45, 2.75) is 0 Å². The molecule has 11 nitrogen and oxygen atoms in total. The van der Waals surface area contributed by atoms with Crippen molar-refractivity contribution in [3.05, 3.63) is 53.9 Å². The molecule has 0 bridgehead atoms. The third-order valence-corrected chi connectivity index (χ3v) is 6.87. The Morgan fingerprint density at radius 3 is 2.71 bits per heavy atom. The minimum Gasteiger partial charge on any atom is -0.494 e. The summed E-state index contributed by atoms with van der Waals surface area (Å²) >= 11 is 6.47. The van der Waals surface area contributed by atoms with E-state index < -0.39 is 0 Å². The van der Waals surface area contributed by atoms with Crippen LogP contribution < -0.4 is 20.7 Å². The molecule has 1 aliphatic heterocycles. The number of nitrogen functional groups attached to an aromatic ring is 1. The van der Waals surface area contributed by atoms with E-state index in [2.05, 4.69) is 30.2 Å². The lowest BCUT2D eigenvalue weighted by Gasteiger charge is -2.36. The Labute approximate surface area is 225 Å². The summed E-state index contributed by atoms with van der Waals surface area (Å²) in [4.78, 5) is 27.1. The number of halogens is 1. The summed E-state index contributed by atoms with van der Waals surface area (Å²) in [5.74, 6) is 1.06. The lowest BCUT2D eigenvalue weighted by molar-refractivity contribution is -0.129. The van der Waals surface area contributed by atoms with Crippen LogP contribution >= 0.6 is 11.6 Å². The second-order valence-corrected chi connectivity index (χ2v) is 9.67. The van der Waals surface area contributed by atoms with Crippen LogP contribution in [0.15, 0.2) is 48.9 Å². The van der Waals surface area contributed by atoms with E-state index in [-0.39, 0.29) is 5.91 Å². The molecule has 5 rings (SSSR count). The van der Waals surface area contributed by atoms with Crippen molar-refractivity contribution in [3.8, 4) is 17.0 Å². The highest BCUT2D eigenvalue weighted by atomic mass is 35.5. The Kier molecular flexibility index (Phi) is 7.21. The minimum absolute atomic E-state index is 0.101. The van der Waals surface area contributed by atoms with Gasteiger partial charge in [0.15, 0.2) is 0 Å². The number of benzene rings is 1. The van der Waals surface area contributed by atoms with Gasteiger partial charge in [-0.15, -0.1) is 0 Å². The van der Waals surface area contributed by atoms with Crippen molar-refractivity contribution in [1.82, 2.24) is 29.4 Å². The van der Waals surface area contributed by atoms with Gasteiger partial charge in [0.25, 0.3) is 0 Å². The zero-order valence-electron chi connectivity index (χ0n) is 21.6. The molecule has 38 heavy (non-hydrogen) atoms. The monoisotopic (exact) mass is 535 g/mol. The summed E-state index contributed by atoms with van der Waals surface area (Å²) in [5.41, 5.74) is 10.9. The van der Waals surface area contributed by atoms with Crippen molar-refractivity contribution in [3.63, 3.8) is 0 Å². The topological polar surface area (TPSA) is 117 Å². The first-order valence-corrected chi connectivity index (χ1v) is 12.6. The van der Waals surface area contributed by atoms with E-state index in [0.29, 0.717) is 40.3 Å². The van der Waals surface area contributed by atoms with E-state index in [1.165, 1.54) is 0 Å². The molecular formula is C26H30ClN9O2. The van der Waals surface area contributed by atoms with Crippen LogP contribution in [-0.4, -0.2) is 89.2 Å². The molecule has 0 aliphatic carbocycles. The smallest absolute Gasteiger partial charge is 0.236 e.